The van der Waals surface area contributed by atoms with Crippen molar-refractivity contribution in [2.75, 3.05) is 18.2 Å². The molecule has 3 rings (SSSR count). The molecule has 2 heterocycles. The Bertz CT molecular complexity index is 944. The Kier molecular flexibility index (Phi) is 5.10. The fourth-order valence-corrected chi connectivity index (χ4v) is 3.16. The van der Waals surface area contributed by atoms with E-state index in [-0.39, 0.29) is 11.7 Å². The van der Waals surface area contributed by atoms with Gasteiger partial charge in [-0.1, -0.05) is 23.4 Å². The number of hydrogen-bond donors (Lipinski definition) is 1. The van der Waals surface area contributed by atoms with Crippen molar-refractivity contribution >= 4 is 40.7 Å². The van der Waals surface area contributed by atoms with Gasteiger partial charge < -0.3 is 10.1 Å². The molecule has 0 fully saturated rings. The highest BCUT2D eigenvalue weighted by molar-refractivity contribution is 7.99. The van der Waals surface area contributed by atoms with Gasteiger partial charge >= 0.3 is 0 Å². The van der Waals surface area contributed by atoms with E-state index >= 15 is 0 Å². The second-order valence-electron chi connectivity index (χ2n) is 5.33. The number of aryl methyl sites for hydroxylation is 2. The standard InChI is InChI=1S/C16H16ClN5O2S/c1-9-6-10(2)22-15(18-9)20-16(21-22)25-8-14(23)19-11-4-5-13(24-3)12(17)7-11/h4-7H,8H2,1-3H3,(H,19,23). The molecule has 3 aromatic rings. The van der Waals surface area contributed by atoms with Crippen molar-refractivity contribution < 1.29 is 9.53 Å². The number of nitrogens with one attached hydrogen (secondary N) is 1. The number of anilines is 1. The zero-order valence-electron chi connectivity index (χ0n) is 13.9. The Morgan fingerprint density at radius 3 is 2.84 bits per heavy atom. The molecule has 0 aliphatic rings. The van der Waals surface area contributed by atoms with Crippen LogP contribution in [0.1, 0.15) is 11.4 Å². The minimum absolute atomic E-state index is 0.175. The van der Waals surface area contributed by atoms with Gasteiger partial charge in [-0.05, 0) is 38.1 Å². The van der Waals surface area contributed by atoms with Crippen molar-refractivity contribution in [1.29, 1.82) is 0 Å². The van der Waals surface area contributed by atoms with Gasteiger partial charge in [-0.3, -0.25) is 4.79 Å². The van der Waals surface area contributed by atoms with Crippen molar-refractivity contribution in [3.05, 3.63) is 40.7 Å². The van der Waals surface area contributed by atoms with Crippen molar-refractivity contribution in [1.82, 2.24) is 19.6 Å². The third-order valence-corrected chi connectivity index (χ3v) is 4.50. The third kappa shape index (κ3) is 4.02. The molecular weight excluding hydrogens is 362 g/mol. The highest BCUT2D eigenvalue weighted by Gasteiger charge is 2.11. The topological polar surface area (TPSA) is 81.4 Å². The summed E-state index contributed by atoms with van der Waals surface area (Å²) in [6.07, 6.45) is 0. The number of amides is 1. The zero-order valence-corrected chi connectivity index (χ0v) is 15.5. The molecule has 9 heteroatoms. The number of rotatable bonds is 5. The predicted octanol–water partition coefficient (Wildman–Crippen LogP) is 3.13. The van der Waals surface area contributed by atoms with Crippen LogP contribution in [0.15, 0.2) is 29.4 Å². The lowest BCUT2D eigenvalue weighted by Gasteiger charge is -2.07. The summed E-state index contributed by atoms with van der Waals surface area (Å²) in [7, 11) is 1.54. The van der Waals surface area contributed by atoms with Crippen LogP contribution in [0, 0.1) is 13.8 Å². The molecule has 7 nitrogen and oxygen atoms in total. The number of nitrogens with zero attached hydrogens (tertiary/aromatic N) is 4. The van der Waals surface area contributed by atoms with E-state index < -0.39 is 0 Å². The van der Waals surface area contributed by atoms with E-state index in [2.05, 4.69) is 20.4 Å². The summed E-state index contributed by atoms with van der Waals surface area (Å²) in [5.74, 6) is 1.09. The predicted molar refractivity (Wildman–Crippen MR) is 97.6 cm³/mol. The molecule has 0 radical (unpaired) electrons. The molecule has 2 aromatic heterocycles. The SMILES string of the molecule is COc1ccc(NC(=O)CSc2nc3nc(C)cc(C)n3n2)cc1Cl. The molecule has 0 atom stereocenters. The molecule has 130 valence electrons. The fourth-order valence-electron chi connectivity index (χ4n) is 2.28. The number of carbonyl (C=O) groups excluding carboxylic acids is 1. The van der Waals surface area contributed by atoms with E-state index in [0.29, 0.717) is 27.4 Å². The molecule has 0 bridgehead atoms. The lowest BCUT2D eigenvalue weighted by atomic mass is 10.3. The van der Waals surface area contributed by atoms with Gasteiger partial charge in [-0.25, -0.2) is 9.50 Å². The number of ether oxygens (including phenoxy) is 1. The van der Waals surface area contributed by atoms with Crippen LogP contribution >= 0.6 is 23.4 Å². The van der Waals surface area contributed by atoms with E-state index in [1.807, 2.05) is 19.9 Å². The van der Waals surface area contributed by atoms with Gasteiger partial charge in [0.1, 0.15) is 5.75 Å². The van der Waals surface area contributed by atoms with Gasteiger partial charge in [0.2, 0.25) is 11.1 Å². The van der Waals surface area contributed by atoms with Gasteiger partial charge in [-0.15, -0.1) is 5.10 Å². The Hall–Kier alpha value is -2.32. The zero-order chi connectivity index (χ0) is 18.0. The van der Waals surface area contributed by atoms with Crippen LogP contribution in [0.2, 0.25) is 5.02 Å². The molecule has 1 N–H and O–H groups in total. The molecular formula is C16H16ClN5O2S. The van der Waals surface area contributed by atoms with Crippen LogP contribution in [-0.4, -0.2) is 38.4 Å². The summed E-state index contributed by atoms with van der Waals surface area (Å²) in [4.78, 5) is 20.8. The number of carbonyl (C=O) groups is 1. The second kappa shape index (κ2) is 7.28. The maximum Gasteiger partial charge on any atom is 0.253 e. The van der Waals surface area contributed by atoms with E-state index in [4.69, 9.17) is 16.3 Å². The molecule has 0 unspecified atom stereocenters. The summed E-state index contributed by atoms with van der Waals surface area (Å²) >= 11 is 7.29. The van der Waals surface area contributed by atoms with Gasteiger partial charge in [0.15, 0.2) is 0 Å². The monoisotopic (exact) mass is 377 g/mol. The summed E-state index contributed by atoms with van der Waals surface area (Å²) in [5.41, 5.74) is 2.43. The van der Waals surface area contributed by atoms with E-state index in [9.17, 15) is 4.79 Å². The maximum absolute atomic E-state index is 12.1. The quantitative estimate of drug-likeness (QED) is 0.688. The lowest BCUT2D eigenvalue weighted by Crippen LogP contribution is -2.14. The summed E-state index contributed by atoms with van der Waals surface area (Å²) < 4.78 is 6.75. The van der Waals surface area contributed by atoms with Gasteiger partial charge in [0.25, 0.3) is 5.78 Å². The smallest absolute Gasteiger partial charge is 0.253 e. The molecule has 0 saturated heterocycles. The largest absolute Gasteiger partial charge is 0.495 e. The number of fused-ring (bicyclic) bond motifs is 1. The number of methoxy groups -OCH3 is 1. The first-order chi connectivity index (χ1) is 12.0. The van der Waals surface area contributed by atoms with Crippen molar-refractivity contribution in [2.24, 2.45) is 0 Å². The summed E-state index contributed by atoms with van der Waals surface area (Å²) in [6.45, 7) is 3.84. The van der Waals surface area contributed by atoms with Crippen LogP contribution < -0.4 is 10.1 Å². The molecule has 25 heavy (non-hydrogen) atoms. The van der Waals surface area contributed by atoms with Crippen LogP contribution in [-0.2, 0) is 4.79 Å². The first-order valence-corrected chi connectivity index (χ1v) is 8.80. The molecule has 0 saturated carbocycles. The van der Waals surface area contributed by atoms with Crippen LogP contribution in [0.5, 0.6) is 5.75 Å². The lowest BCUT2D eigenvalue weighted by molar-refractivity contribution is -0.113. The average molecular weight is 378 g/mol. The first-order valence-electron chi connectivity index (χ1n) is 7.43. The minimum Gasteiger partial charge on any atom is -0.495 e. The van der Waals surface area contributed by atoms with Crippen molar-refractivity contribution in [3.8, 4) is 5.75 Å². The number of aromatic nitrogens is 4. The number of benzene rings is 1. The molecule has 1 aromatic carbocycles. The van der Waals surface area contributed by atoms with Crippen LogP contribution in [0.25, 0.3) is 5.78 Å². The van der Waals surface area contributed by atoms with Crippen molar-refractivity contribution in [2.45, 2.75) is 19.0 Å². The number of thioether (sulfide) groups is 1. The van der Waals surface area contributed by atoms with E-state index in [1.54, 1.807) is 22.7 Å². The molecule has 0 spiro atoms. The van der Waals surface area contributed by atoms with E-state index in [0.717, 1.165) is 11.4 Å². The van der Waals surface area contributed by atoms with Gasteiger partial charge in [0.05, 0.1) is 17.9 Å². The van der Waals surface area contributed by atoms with Crippen molar-refractivity contribution in [3.63, 3.8) is 0 Å². The number of hydrogen-bond acceptors (Lipinski definition) is 6. The van der Waals surface area contributed by atoms with Crippen LogP contribution in [0.3, 0.4) is 0 Å². The molecule has 0 aliphatic carbocycles. The van der Waals surface area contributed by atoms with Crippen LogP contribution in [0.4, 0.5) is 5.69 Å². The summed E-state index contributed by atoms with van der Waals surface area (Å²) in [6, 6.07) is 7.00. The minimum atomic E-state index is -0.175. The first kappa shape index (κ1) is 17.5. The molecule has 1 amide bonds. The molecule has 0 aliphatic heterocycles. The van der Waals surface area contributed by atoms with E-state index in [1.165, 1.54) is 18.9 Å². The Balaban J connectivity index is 1.64. The summed E-state index contributed by atoms with van der Waals surface area (Å²) in [5, 5.41) is 8.08. The average Bonchev–Trinajstić information content (AvgIpc) is 2.96. The Labute approximate surface area is 153 Å². The highest BCUT2D eigenvalue weighted by Crippen LogP contribution is 2.27. The van der Waals surface area contributed by atoms with Gasteiger partial charge in [0, 0.05) is 17.1 Å². The normalized spacial score (nSPS) is 10.9. The Morgan fingerprint density at radius 2 is 2.12 bits per heavy atom. The van der Waals surface area contributed by atoms with Gasteiger partial charge in [-0.2, -0.15) is 4.98 Å². The number of halogens is 1. The Morgan fingerprint density at radius 1 is 1.32 bits per heavy atom. The second-order valence-corrected chi connectivity index (χ2v) is 6.68. The fraction of sp³-hybridized carbons (Fsp3) is 0.250. The highest BCUT2D eigenvalue weighted by atomic mass is 35.5. The maximum atomic E-state index is 12.1. The third-order valence-electron chi connectivity index (χ3n) is 3.37.